The predicted octanol–water partition coefficient (Wildman–Crippen LogP) is 4.35. The summed E-state index contributed by atoms with van der Waals surface area (Å²) in [7, 11) is 2.99. The molecule has 0 saturated carbocycles. The number of fused-ring (bicyclic) bond motifs is 1. The van der Waals surface area contributed by atoms with Gasteiger partial charge >= 0.3 is 11.9 Å². The first-order valence-electron chi connectivity index (χ1n) is 11.9. The first kappa shape index (κ1) is 30.6. The normalized spacial score (nSPS) is 14.8. The smallest absolute Gasteiger partial charge is 0.341 e. The highest BCUT2D eigenvalue weighted by atomic mass is 79.9. The van der Waals surface area contributed by atoms with Crippen molar-refractivity contribution in [1.82, 2.24) is 4.57 Å². The number of thiazole rings is 1. The van der Waals surface area contributed by atoms with Crippen LogP contribution in [0.2, 0.25) is 10.0 Å². The fraction of sp³-hybridized carbons (Fsp3) is 0.259. The Kier molecular flexibility index (Phi) is 9.48. The van der Waals surface area contributed by atoms with Gasteiger partial charge in [0.15, 0.2) is 28.7 Å². The first-order chi connectivity index (χ1) is 19.5. The molecule has 0 bridgehead atoms. The molecule has 1 atom stereocenters. The summed E-state index contributed by atoms with van der Waals surface area (Å²) >= 11 is 17.3. The minimum atomic E-state index is -1.18. The molecule has 10 nitrogen and oxygen atoms in total. The van der Waals surface area contributed by atoms with Crippen LogP contribution < -0.4 is 29.1 Å². The molecule has 0 fully saturated rings. The number of halogens is 3. The van der Waals surface area contributed by atoms with Crippen molar-refractivity contribution in [2.45, 2.75) is 19.9 Å². The summed E-state index contributed by atoms with van der Waals surface area (Å²) in [5.41, 5.74) is 1.20. The number of aliphatic carboxylic acids is 1. The number of hydrogen-bond acceptors (Lipinski definition) is 9. The second-order valence-electron chi connectivity index (χ2n) is 8.53. The third kappa shape index (κ3) is 6.15. The maximum absolute atomic E-state index is 13.9. The molecule has 0 radical (unpaired) electrons. The van der Waals surface area contributed by atoms with Crippen LogP contribution in [0.15, 0.2) is 49.8 Å². The Hall–Kier alpha value is -3.32. The second-order valence-corrected chi connectivity index (χ2v) is 11.2. The van der Waals surface area contributed by atoms with Gasteiger partial charge in [0.2, 0.25) is 0 Å². The van der Waals surface area contributed by atoms with E-state index < -0.39 is 30.1 Å². The molecule has 2 heterocycles. The molecule has 1 aliphatic heterocycles. The molecule has 0 unspecified atom stereocenters. The van der Waals surface area contributed by atoms with Crippen LogP contribution in [0, 0.1) is 0 Å². The number of ether oxygens (including phenoxy) is 4. The van der Waals surface area contributed by atoms with Crippen LogP contribution in [0.25, 0.3) is 6.08 Å². The molecular weight excluding hydrogens is 663 g/mol. The first-order valence-corrected chi connectivity index (χ1v) is 14.3. The molecule has 1 aromatic heterocycles. The second kappa shape index (κ2) is 12.7. The Morgan fingerprint density at radius 2 is 1.78 bits per heavy atom. The SMILES string of the molecule is CCOC(=O)C1=C(C)N=c2s/c(=C\c3cc(Cl)c(OCC(=O)O)c(Cl)c3)c(=O)n2[C@H]1c1cc(OC)c(OC)cc1Br. The summed E-state index contributed by atoms with van der Waals surface area (Å²) in [5.74, 6) is -0.915. The van der Waals surface area contributed by atoms with E-state index in [9.17, 15) is 14.4 Å². The highest BCUT2D eigenvalue weighted by molar-refractivity contribution is 9.10. The number of methoxy groups -OCH3 is 2. The van der Waals surface area contributed by atoms with Crippen molar-refractivity contribution in [3.63, 3.8) is 0 Å². The summed E-state index contributed by atoms with van der Waals surface area (Å²) in [6.07, 6.45) is 1.58. The maximum atomic E-state index is 13.9. The van der Waals surface area contributed by atoms with E-state index in [4.69, 9.17) is 47.3 Å². The molecule has 14 heteroatoms. The van der Waals surface area contributed by atoms with Crippen LogP contribution >= 0.6 is 50.5 Å². The minimum absolute atomic E-state index is 0.0161. The van der Waals surface area contributed by atoms with Gasteiger partial charge in [0.05, 0.1) is 52.7 Å². The number of rotatable bonds is 9. The maximum Gasteiger partial charge on any atom is 0.341 e. The van der Waals surface area contributed by atoms with E-state index in [0.717, 1.165) is 11.3 Å². The van der Waals surface area contributed by atoms with Crippen LogP contribution in [0.3, 0.4) is 0 Å². The standard InChI is InChI=1S/C27H23BrCl2N2O8S/c1-5-39-26(36)22-12(2)31-27-32(23(22)14-9-18(37-3)19(38-4)10-15(14)28)25(35)20(41-27)8-13-6-16(29)24(17(30)7-13)40-11-21(33)34/h6-10,23H,5,11H2,1-4H3,(H,33,34)/b20-8-/t23-/m0/s1. The lowest BCUT2D eigenvalue weighted by Gasteiger charge is -2.26. The fourth-order valence-corrected chi connectivity index (χ4v) is 6.45. The van der Waals surface area contributed by atoms with E-state index in [1.165, 1.54) is 30.9 Å². The Labute approximate surface area is 256 Å². The van der Waals surface area contributed by atoms with Gasteiger partial charge in [-0.15, -0.1) is 0 Å². The van der Waals surface area contributed by atoms with Gasteiger partial charge in [0.25, 0.3) is 5.56 Å². The largest absolute Gasteiger partial charge is 0.493 e. The topological polar surface area (TPSA) is 126 Å². The quantitative estimate of drug-likeness (QED) is 0.330. The molecule has 0 saturated heterocycles. The van der Waals surface area contributed by atoms with Crippen molar-refractivity contribution in [2.75, 3.05) is 27.4 Å². The number of esters is 1. The van der Waals surface area contributed by atoms with Gasteiger partial charge in [-0.2, -0.15) is 0 Å². The fourth-order valence-electron chi connectivity index (χ4n) is 4.25. The molecular formula is C27H23BrCl2N2O8S. The number of carbonyl (C=O) groups excluding carboxylic acids is 1. The zero-order valence-corrected chi connectivity index (χ0v) is 26.0. The molecule has 4 rings (SSSR count). The number of carbonyl (C=O) groups is 2. The zero-order chi connectivity index (χ0) is 30.0. The Balaban J connectivity index is 1.93. The van der Waals surface area contributed by atoms with Crippen molar-refractivity contribution in [1.29, 1.82) is 0 Å². The third-order valence-electron chi connectivity index (χ3n) is 5.97. The van der Waals surface area contributed by atoms with Gasteiger partial charge in [-0.1, -0.05) is 50.5 Å². The molecule has 0 amide bonds. The van der Waals surface area contributed by atoms with Crippen LogP contribution in [-0.4, -0.2) is 49.0 Å². The predicted molar refractivity (Wildman–Crippen MR) is 157 cm³/mol. The molecule has 41 heavy (non-hydrogen) atoms. The molecule has 1 N–H and O–H groups in total. The van der Waals surface area contributed by atoms with Crippen molar-refractivity contribution in [2.24, 2.45) is 4.99 Å². The molecule has 216 valence electrons. The van der Waals surface area contributed by atoms with Crippen LogP contribution in [0.5, 0.6) is 17.2 Å². The summed E-state index contributed by atoms with van der Waals surface area (Å²) < 4.78 is 23.7. The monoisotopic (exact) mass is 684 g/mol. The number of benzene rings is 2. The summed E-state index contributed by atoms with van der Waals surface area (Å²) in [6, 6.07) is 5.49. The van der Waals surface area contributed by atoms with Crippen molar-refractivity contribution >= 4 is 68.5 Å². The third-order valence-corrected chi connectivity index (χ3v) is 8.20. The van der Waals surface area contributed by atoms with E-state index in [2.05, 4.69) is 20.9 Å². The van der Waals surface area contributed by atoms with E-state index in [-0.39, 0.29) is 32.5 Å². The Bertz CT molecular complexity index is 1740. The van der Waals surface area contributed by atoms with E-state index in [1.54, 1.807) is 32.1 Å². The lowest BCUT2D eigenvalue weighted by molar-refractivity contribution is -0.140. The number of nitrogens with zero attached hydrogens (tertiary/aromatic N) is 2. The van der Waals surface area contributed by atoms with Crippen molar-refractivity contribution in [3.8, 4) is 17.2 Å². The van der Waals surface area contributed by atoms with Gasteiger partial charge in [-0.3, -0.25) is 9.36 Å². The number of hydrogen-bond donors (Lipinski definition) is 1. The molecule has 1 aliphatic rings. The molecule has 3 aromatic rings. The number of aromatic nitrogens is 1. The van der Waals surface area contributed by atoms with Gasteiger partial charge in [0, 0.05) is 4.47 Å². The highest BCUT2D eigenvalue weighted by Gasteiger charge is 2.35. The average molecular weight is 686 g/mol. The van der Waals surface area contributed by atoms with Crippen LogP contribution in [0.4, 0.5) is 0 Å². The Morgan fingerprint density at radius 1 is 1.15 bits per heavy atom. The average Bonchev–Trinajstić information content (AvgIpc) is 3.21. The van der Waals surface area contributed by atoms with E-state index in [1.807, 2.05) is 0 Å². The number of allylic oxidation sites excluding steroid dienone is 1. The van der Waals surface area contributed by atoms with Crippen LogP contribution in [0.1, 0.15) is 31.0 Å². The molecule has 0 spiro atoms. The Morgan fingerprint density at radius 3 is 2.37 bits per heavy atom. The molecule has 2 aromatic carbocycles. The van der Waals surface area contributed by atoms with Crippen molar-refractivity contribution in [3.05, 3.63) is 80.9 Å². The van der Waals surface area contributed by atoms with Gasteiger partial charge in [0.1, 0.15) is 0 Å². The van der Waals surface area contributed by atoms with Gasteiger partial charge < -0.3 is 24.1 Å². The van der Waals surface area contributed by atoms with Gasteiger partial charge in [-0.25, -0.2) is 14.6 Å². The van der Waals surface area contributed by atoms with E-state index >= 15 is 0 Å². The summed E-state index contributed by atoms with van der Waals surface area (Å²) in [4.78, 5) is 42.9. The number of carboxylic acids is 1. The van der Waals surface area contributed by atoms with Gasteiger partial charge in [-0.05, 0) is 55.3 Å². The van der Waals surface area contributed by atoms with Crippen molar-refractivity contribution < 1.29 is 33.6 Å². The van der Waals surface area contributed by atoms with E-state index in [0.29, 0.717) is 37.6 Å². The molecule has 0 aliphatic carbocycles. The lowest BCUT2D eigenvalue weighted by Crippen LogP contribution is -2.40. The minimum Gasteiger partial charge on any atom is -0.493 e. The lowest BCUT2D eigenvalue weighted by atomic mass is 9.95. The van der Waals surface area contributed by atoms with Crippen LogP contribution in [-0.2, 0) is 14.3 Å². The number of carboxylic acid groups (broad SMARTS) is 1. The summed E-state index contributed by atoms with van der Waals surface area (Å²) in [6.45, 7) is 2.89. The zero-order valence-electron chi connectivity index (χ0n) is 22.1. The highest BCUT2D eigenvalue weighted by Crippen LogP contribution is 2.41. The summed E-state index contributed by atoms with van der Waals surface area (Å²) in [5, 5.41) is 9.03.